The van der Waals surface area contributed by atoms with Crippen molar-refractivity contribution in [3.63, 3.8) is 0 Å². The van der Waals surface area contributed by atoms with E-state index in [0.717, 1.165) is 24.2 Å². The Balaban J connectivity index is 2.27. The maximum absolute atomic E-state index is 12.1. The van der Waals surface area contributed by atoms with Crippen molar-refractivity contribution in [2.75, 3.05) is 23.9 Å². The fourth-order valence-corrected chi connectivity index (χ4v) is 3.88. The summed E-state index contributed by atoms with van der Waals surface area (Å²) in [5.74, 6) is 0. The summed E-state index contributed by atoms with van der Waals surface area (Å²) < 4.78 is 28.3. The summed E-state index contributed by atoms with van der Waals surface area (Å²) in [5.41, 5.74) is 3.11. The number of rotatable bonds is 6. The topological polar surface area (TPSA) is 61.4 Å². The van der Waals surface area contributed by atoms with Crippen molar-refractivity contribution in [1.29, 1.82) is 0 Å². The average Bonchev–Trinajstić information content (AvgIpc) is 2.82. The quantitative estimate of drug-likeness (QED) is 0.838. The van der Waals surface area contributed by atoms with Crippen molar-refractivity contribution in [2.24, 2.45) is 0 Å². The van der Waals surface area contributed by atoms with Crippen LogP contribution in [0.5, 0.6) is 0 Å². The lowest BCUT2D eigenvalue weighted by Crippen LogP contribution is -2.39. The monoisotopic (exact) mass is 297 g/mol. The van der Waals surface area contributed by atoms with Crippen molar-refractivity contribution < 1.29 is 8.42 Å². The number of hydrogen-bond acceptors (Lipinski definition) is 3. The molecular formula is C14H23N3O2S. The molecule has 1 aliphatic heterocycles. The van der Waals surface area contributed by atoms with Gasteiger partial charge in [-0.05, 0) is 37.1 Å². The largest absolute Gasteiger partial charge is 0.310 e. The van der Waals surface area contributed by atoms with Gasteiger partial charge in [0, 0.05) is 19.1 Å². The van der Waals surface area contributed by atoms with Crippen LogP contribution in [0, 0.1) is 0 Å². The zero-order chi connectivity index (χ0) is 14.8. The molecule has 6 heteroatoms. The molecule has 0 bridgehead atoms. The van der Waals surface area contributed by atoms with E-state index in [2.05, 4.69) is 30.0 Å². The highest BCUT2D eigenvalue weighted by atomic mass is 32.2. The Kier molecular flexibility index (Phi) is 4.67. The van der Waals surface area contributed by atoms with E-state index in [0.29, 0.717) is 13.1 Å². The normalized spacial score (nSPS) is 16.2. The third-order valence-electron chi connectivity index (χ3n) is 3.58. The van der Waals surface area contributed by atoms with Gasteiger partial charge in [-0.15, -0.1) is 0 Å². The van der Waals surface area contributed by atoms with Gasteiger partial charge in [0.25, 0.3) is 0 Å². The second kappa shape index (κ2) is 6.11. The maximum atomic E-state index is 12.1. The SMILES string of the molecule is CCNC(C)c1ccc2c(c1)CCN2S(=O)(=O)NCC. The minimum Gasteiger partial charge on any atom is -0.310 e. The molecule has 0 saturated carbocycles. The summed E-state index contributed by atoms with van der Waals surface area (Å²) in [5, 5.41) is 3.37. The van der Waals surface area contributed by atoms with E-state index < -0.39 is 10.2 Å². The van der Waals surface area contributed by atoms with Gasteiger partial charge in [0.15, 0.2) is 0 Å². The van der Waals surface area contributed by atoms with Crippen LogP contribution < -0.4 is 14.3 Å². The fraction of sp³-hybridized carbons (Fsp3) is 0.571. The molecule has 112 valence electrons. The van der Waals surface area contributed by atoms with Crippen LogP contribution in [0.4, 0.5) is 5.69 Å². The highest BCUT2D eigenvalue weighted by Crippen LogP contribution is 2.32. The second-order valence-corrected chi connectivity index (χ2v) is 6.67. The Bertz CT molecular complexity index is 572. The van der Waals surface area contributed by atoms with E-state index in [4.69, 9.17) is 0 Å². The number of benzene rings is 1. The second-order valence-electron chi connectivity index (χ2n) is 4.99. The van der Waals surface area contributed by atoms with E-state index >= 15 is 0 Å². The smallest absolute Gasteiger partial charge is 0.301 e. The highest BCUT2D eigenvalue weighted by Gasteiger charge is 2.29. The van der Waals surface area contributed by atoms with Crippen LogP contribution in [0.15, 0.2) is 18.2 Å². The van der Waals surface area contributed by atoms with Gasteiger partial charge >= 0.3 is 10.2 Å². The number of nitrogens with one attached hydrogen (secondary N) is 2. The molecule has 1 heterocycles. The molecule has 0 aliphatic carbocycles. The summed E-state index contributed by atoms with van der Waals surface area (Å²) in [6.45, 7) is 7.82. The van der Waals surface area contributed by atoms with E-state index in [1.165, 1.54) is 9.87 Å². The minimum atomic E-state index is -3.40. The molecule has 2 N–H and O–H groups in total. The van der Waals surface area contributed by atoms with Gasteiger partial charge in [0.2, 0.25) is 0 Å². The zero-order valence-corrected chi connectivity index (χ0v) is 13.1. The first-order chi connectivity index (χ1) is 9.49. The van der Waals surface area contributed by atoms with Crippen molar-refractivity contribution in [3.8, 4) is 0 Å². The molecule has 0 spiro atoms. The maximum Gasteiger partial charge on any atom is 0.301 e. The first kappa shape index (κ1) is 15.3. The molecular weight excluding hydrogens is 274 g/mol. The molecule has 1 unspecified atom stereocenters. The summed E-state index contributed by atoms with van der Waals surface area (Å²) in [4.78, 5) is 0. The standard InChI is InChI=1S/C14H23N3O2S/c1-4-15-11(3)12-6-7-14-13(10-12)8-9-17(14)20(18,19)16-5-2/h6-7,10-11,15-16H,4-5,8-9H2,1-3H3. The molecule has 0 radical (unpaired) electrons. The Labute approximate surface area is 121 Å². The lowest BCUT2D eigenvalue weighted by molar-refractivity contribution is 0.580. The van der Waals surface area contributed by atoms with Crippen LogP contribution in [0.25, 0.3) is 0 Å². The Hall–Kier alpha value is -1.11. The molecule has 1 aromatic carbocycles. The minimum absolute atomic E-state index is 0.282. The van der Waals surface area contributed by atoms with Crippen LogP contribution in [-0.2, 0) is 16.6 Å². The first-order valence-electron chi connectivity index (χ1n) is 7.13. The van der Waals surface area contributed by atoms with Gasteiger partial charge in [0.05, 0.1) is 5.69 Å². The van der Waals surface area contributed by atoms with Crippen molar-refractivity contribution in [3.05, 3.63) is 29.3 Å². The van der Waals surface area contributed by atoms with Gasteiger partial charge in [0.1, 0.15) is 0 Å². The Morgan fingerprint density at radius 1 is 1.30 bits per heavy atom. The highest BCUT2D eigenvalue weighted by molar-refractivity contribution is 7.90. The fourth-order valence-electron chi connectivity index (χ4n) is 2.59. The molecule has 0 fully saturated rings. The molecule has 1 aromatic rings. The van der Waals surface area contributed by atoms with Crippen molar-refractivity contribution >= 4 is 15.9 Å². The van der Waals surface area contributed by atoms with Gasteiger partial charge in [-0.3, -0.25) is 4.31 Å². The summed E-state index contributed by atoms with van der Waals surface area (Å²) in [7, 11) is -3.40. The zero-order valence-electron chi connectivity index (χ0n) is 12.3. The predicted octanol–water partition coefficient (Wildman–Crippen LogP) is 1.57. The molecule has 1 aliphatic rings. The first-order valence-corrected chi connectivity index (χ1v) is 8.57. The summed E-state index contributed by atoms with van der Waals surface area (Å²) >= 11 is 0. The van der Waals surface area contributed by atoms with Gasteiger partial charge in [-0.1, -0.05) is 26.0 Å². The van der Waals surface area contributed by atoms with Gasteiger partial charge < -0.3 is 5.32 Å². The van der Waals surface area contributed by atoms with Gasteiger partial charge in [-0.25, -0.2) is 0 Å². The summed E-state index contributed by atoms with van der Waals surface area (Å²) in [6.07, 6.45) is 0.770. The third-order valence-corrected chi connectivity index (χ3v) is 5.20. The van der Waals surface area contributed by atoms with E-state index in [1.54, 1.807) is 6.92 Å². The Morgan fingerprint density at radius 3 is 2.70 bits per heavy atom. The van der Waals surface area contributed by atoms with Crippen molar-refractivity contribution in [1.82, 2.24) is 10.0 Å². The molecule has 1 atom stereocenters. The molecule has 2 rings (SSSR count). The summed E-state index contributed by atoms with van der Waals surface area (Å²) in [6, 6.07) is 6.32. The molecule has 0 aromatic heterocycles. The van der Waals surface area contributed by atoms with Crippen LogP contribution >= 0.6 is 0 Å². The number of fused-ring (bicyclic) bond motifs is 1. The number of anilines is 1. The van der Waals surface area contributed by atoms with Crippen LogP contribution in [0.3, 0.4) is 0 Å². The van der Waals surface area contributed by atoms with Crippen molar-refractivity contribution in [2.45, 2.75) is 33.2 Å². The van der Waals surface area contributed by atoms with E-state index in [1.807, 2.05) is 12.1 Å². The third kappa shape index (κ3) is 2.97. The van der Waals surface area contributed by atoms with Gasteiger partial charge in [-0.2, -0.15) is 13.1 Å². The van der Waals surface area contributed by atoms with Crippen LogP contribution in [0.2, 0.25) is 0 Å². The Morgan fingerprint density at radius 2 is 2.05 bits per heavy atom. The molecule has 0 saturated heterocycles. The molecule has 5 nitrogen and oxygen atoms in total. The van der Waals surface area contributed by atoms with E-state index in [-0.39, 0.29) is 6.04 Å². The lowest BCUT2D eigenvalue weighted by atomic mass is 10.0. The van der Waals surface area contributed by atoms with E-state index in [9.17, 15) is 8.42 Å². The number of hydrogen-bond donors (Lipinski definition) is 2. The average molecular weight is 297 g/mol. The molecule has 0 amide bonds. The lowest BCUT2D eigenvalue weighted by Gasteiger charge is -2.20. The predicted molar refractivity (Wildman–Crippen MR) is 82.2 cm³/mol. The molecule has 20 heavy (non-hydrogen) atoms. The number of nitrogens with zero attached hydrogens (tertiary/aromatic N) is 1. The van der Waals surface area contributed by atoms with Crippen LogP contribution in [-0.4, -0.2) is 28.1 Å². The van der Waals surface area contributed by atoms with Crippen LogP contribution in [0.1, 0.15) is 37.9 Å².